The number of hydrogen-bond donors (Lipinski definition) is 1. The second kappa shape index (κ2) is 7.39. The maximum atomic E-state index is 11.5. The lowest BCUT2D eigenvalue weighted by molar-refractivity contribution is 0.0884. The molecule has 1 amide bonds. The highest BCUT2D eigenvalue weighted by molar-refractivity contribution is 6.37. The van der Waals surface area contributed by atoms with Crippen LogP contribution >= 0.6 is 11.6 Å². The van der Waals surface area contributed by atoms with Gasteiger partial charge in [0.05, 0.1) is 16.7 Å². The summed E-state index contributed by atoms with van der Waals surface area (Å²) in [6.45, 7) is 9.28. The van der Waals surface area contributed by atoms with Crippen LogP contribution in [0, 0.1) is 11.3 Å². The van der Waals surface area contributed by atoms with Gasteiger partial charge in [-0.1, -0.05) is 50.6 Å². The van der Waals surface area contributed by atoms with Crippen molar-refractivity contribution in [2.75, 3.05) is 6.61 Å². The monoisotopic (exact) mass is 415 g/mol. The third-order valence-corrected chi connectivity index (χ3v) is 7.01. The van der Waals surface area contributed by atoms with Gasteiger partial charge >= 0.3 is 6.09 Å². The third-order valence-electron chi connectivity index (χ3n) is 6.62. The van der Waals surface area contributed by atoms with Gasteiger partial charge in [0.25, 0.3) is 0 Å². The number of ether oxygens (including phenoxy) is 2. The van der Waals surface area contributed by atoms with Crippen molar-refractivity contribution in [2.24, 2.45) is 11.3 Å². The highest BCUT2D eigenvalue weighted by Gasteiger charge is 2.36. The summed E-state index contributed by atoms with van der Waals surface area (Å²) in [4.78, 5) is 11.5. The fourth-order valence-corrected chi connectivity index (χ4v) is 4.87. The first kappa shape index (κ1) is 20.3. The zero-order chi connectivity index (χ0) is 20.8. The number of carbonyl (C=O) groups excluding carboxylic acids is 1. The van der Waals surface area contributed by atoms with Crippen LogP contribution in [0.4, 0.5) is 4.79 Å². The second-order valence-electron chi connectivity index (χ2n) is 9.80. The fourth-order valence-electron chi connectivity index (χ4n) is 4.60. The molecule has 156 valence electrons. The minimum Gasteiger partial charge on any atom is -0.489 e. The summed E-state index contributed by atoms with van der Waals surface area (Å²) in [5.41, 5.74) is 0.851. The average Bonchev–Trinajstić information content (AvgIpc) is 3.03. The van der Waals surface area contributed by atoms with E-state index >= 15 is 0 Å². The number of nitrogens with one attached hydrogen (secondary N) is 1. The summed E-state index contributed by atoms with van der Waals surface area (Å²) in [7, 11) is 0. The quantitative estimate of drug-likeness (QED) is 0.628. The summed E-state index contributed by atoms with van der Waals surface area (Å²) in [5, 5.41) is 5.53. The summed E-state index contributed by atoms with van der Waals surface area (Å²) in [6, 6.07) is 10.1. The first-order valence-corrected chi connectivity index (χ1v) is 10.9. The maximum Gasteiger partial charge on any atom is 0.408 e. The first-order valence-electron chi connectivity index (χ1n) is 10.5. The zero-order valence-corrected chi connectivity index (χ0v) is 18.4. The van der Waals surface area contributed by atoms with Crippen LogP contribution in [0.5, 0.6) is 5.75 Å². The molecule has 2 fully saturated rings. The van der Waals surface area contributed by atoms with E-state index in [2.05, 4.69) is 32.2 Å². The van der Waals surface area contributed by atoms with E-state index in [1.54, 1.807) is 0 Å². The fraction of sp³-hybridized carbons (Fsp3) is 0.542. The number of alkyl carbamates (subject to hydrolysis) is 1. The lowest BCUT2D eigenvalue weighted by Crippen LogP contribution is -2.37. The van der Waals surface area contributed by atoms with Gasteiger partial charge in [-0.05, 0) is 67.0 Å². The van der Waals surface area contributed by atoms with Crippen LogP contribution < -0.4 is 10.1 Å². The van der Waals surface area contributed by atoms with Crippen molar-refractivity contribution in [1.29, 1.82) is 0 Å². The molecule has 0 radical (unpaired) electrons. The van der Waals surface area contributed by atoms with Gasteiger partial charge in [0.2, 0.25) is 0 Å². The second-order valence-corrected chi connectivity index (χ2v) is 10.2. The lowest BCUT2D eigenvalue weighted by Gasteiger charge is -2.37. The molecule has 2 aromatic rings. The van der Waals surface area contributed by atoms with Crippen molar-refractivity contribution in [3.05, 3.63) is 40.9 Å². The van der Waals surface area contributed by atoms with Crippen molar-refractivity contribution >= 4 is 28.5 Å². The van der Waals surface area contributed by atoms with Gasteiger partial charge in [-0.25, -0.2) is 4.79 Å². The molecule has 2 aromatic carbocycles. The molecule has 0 unspecified atom stereocenters. The Morgan fingerprint density at radius 2 is 1.86 bits per heavy atom. The largest absolute Gasteiger partial charge is 0.489 e. The number of benzene rings is 2. The van der Waals surface area contributed by atoms with E-state index in [1.165, 1.54) is 12.8 Å². The van der Waals surface area contributed by atoms with E-state index in [0.29, 0.717) is 17.0 Å². The van der Waals surface area contributed by atoms with Crippen LogP contribution in [0.15, 0.2) is 30.3 Å². The van der Waals surface area contributed by atoms with Crippen LogP contribution in [-0.2, 0) is 10.3 Å². The Balaban J connectivity index is 1.51. The highest BCUT2D eigenvalue weighted by Crippen LogP contribution is 2.41. The Labute approximate surface area is 177 Å². The van der Waals surface area contributed by atoms with Gasteiger partial charge in [0.15, 0.2) is 0 Å². The Kier molecular flexibility index (Phi) is 5.18. The Morgan fingerprint density at radius 1 is 1.14 bits per heavy atom. The highest BCUT2D eigenvalue weighted by atomic mass is 35.5. The molecule has 4 nitrogen and oxygen atoms in total. The van der Waals surface area contributed by atoms with Crippen molar-refractivity contribution in [3.8, 4) is 5.75 Å². The van der Waals surface area contributed by atoms with Crippen molar-refractivity contribution < 1.29 is 14.3 Å². The minimum absolute atomic E-state index is 0.229. The number of carbonyl (C=O) groups is 1. The number of fused-ring (bicyclic) bond motifs is 1. The number of amides is 1. The lowest BCUT2D eigenvalue weighted by atomic mass is 9.72. The molecular weight excluding hydrogens is 386 g/mol. The molecule has 1 N–H and O–H groups in total. The van der Waals surface area contributed by atoms with Crippen LogP contribution in [-0.4, -0.2) is 18.8 Å². The van der Waals surface area contributed by atoms with E-state index < -0.39 is 5.54 Å². The molecule has 0 spiro atoms. The summed E-state index contributed by atoms with van der Waals surface area (Å²) in [5.74, 6) is 1.52. The molecule has 1 saturated carbocycles. The molecule has 29 heavy (non-hydrogen) atoms. The third kappa shape index (κ3) is 4.05. The number of cyclic esters (lactones) is 1. The molecule has 4 rings (SSSR count). The molecule has 2 aliphatic rings. The summed E-state index contributed by atoms with van der Waals surface area (Å²) in [6.07, 6.45) is 4.41. The van der Waals surface area contributed by atoms with Crippen LogP contribution in [0.25, 0.3) is 10.8 Å². The molecule has 0 bridgehead atoms. The standard InChI is InChI=1S/C24H30ClNO3/c1-23(2,3)16-6-9-18(10-7-16)29-20-12-5-15-13-17(8-11-19(15)21(20)25)24(4)14-28-22(27)26-24/h5,8,11-13,16,18H,6-7,9-10,14H2,1-4H3,(H,26,27)/t16?,18?,24-/m0/s1. The molecule has 5 heteroatoms. The molecule has 1 aliphatic carbocycles. The minimum atomic E-state index is -0.515. The van der Waals surface area contributed by atoms with E-state index in [9.17, 15) is 4.79 Å². The van der Waals surface area contributed by atoms with Gasteiger partial charge in [0, 0.05) is 5.39 Å². The molecular formula is C24H30ClNO3. The normalized spacial score (nSPS) is 27.6. The summed E-state index contributed by atoms with van der Waals surface area (Å²) >= 11 is 6.71. The Morgan fingerprint density at radius 3 is 2.48 bits per heavy atom. The molecule has 1 atom stereocenters. The number of rotatable bonds is 3. The first-order chi connectivity index (χ1) is 13.7. The van der Waals surface area contributed by atoms with Crippen LogP contribution in [0.3, 0.4) is 0 Å². The molecule has 1 saturated heterocycles. The van der Waals surface area contributed by atoms with E-state index in [4.69, 9.17) is 21.1 Å². The Bertz CT molecular complexity index is 928. The van der Waals surface area contributed by atoms with Crippen molar-refractivity contribution in [1.82, 2.24) is 5.32 Å². The van der Waals surface area contributed by atoms with E-state index in [1.807, 2.05) is 31.2 Å². The maximum absolute atomic E-state index is 11.5. The predicted octanol–water partition coefficient (Wildman–Crippen LogP) is 6.43. The van der Waals surface area contributed by atoms with Gasteiger partial charge < -0.3 is 14.8 Å². The van der Waals surface area contributed by atoms with Crippen LogP contribution in [0.2, 0.25) is 5.02 Å². The number of halogens is 1. The van der Waals surface area contributed by atoms with Crippen LogP contribution in [0.1, 0.15) is 58.9 Å². The van der Waals surface area contributed by atoms with E-state index in [-0.39, 0.29) is 12.2 Å². The number of hydrogen-bond acceptors (Lipinski definition) is 3. The molecule has 1 heterocycles. The smallest absolute Gasteiger partial charge is 0.408 e. The SMILES string of the molecule is CC(C)(C)C1CCC(Oc2ccc3cc([C@]4(C)COC(=O)N4)ccc3c2Cl)CC1. The topological polar surface area (TPSA) is 47.6 Å². The van der Waals surface area contributed by atoms with Gasteiger partial charge in [0.1, 0.15) is 12.4 Å². The zero-order valence-electron chi connectivity index (χ0n) is 17.7. The van der Waals surface area contributed by atoms with Gasteiger partial charge in [-0.15, -0.1) is 0 Å². The average molecular weight is 416 g/mol. The van der Waals surface area contributed by atoms with Gasteiger partial charge in [-0.2, -0.15) is 0 Å². The Hall–Kier alpha value is -1.94. The van der Waals surface area contributed by atoms with Crippen molar-refractivity contribution in [3.63, 3.8) is 0 Å². The summed E-state index contributed by atoms with van der Waals surface area (Å²) < 4.78 is 11.4. The van der Waals surface area contributed by atoms with Crippen molar-refractivity contribution in [2.45, 2.75) is 65.0 Å². The molecule has 1 aliphatic heterocycles. The van der Waals surface area contributed by atoms with Gasteiger partial charge in [-0.3, -0.25) is 0 Å². The molecule has 0 aromatic heterocycles. The van der Waals surface area contributed by atoms with E-state index in [0.717, 1.165) is 40.8 Å². The predicted molar refractivity (Wildman–Crippen MR) is 117 cm³/mol.